The second-order valence-electron chi connectivity index (χ2n) is 5.81. The summed E-state index contributed by atoms with van der Waals surface area (Å²) in [6.07, 6.45) is 0. The first-order chi connectivity index (χ1) is 10.7. The Morgan fingerprint density at radius 1 is 1.14 bits per heavy atom. The fraction of sp³-hybridized carbons (Fsp3) is 0.333. The number of methoxy groups -OCH3 is 1. The molecule has 0 radical (unpaired) electrons. The summed E-state index contributed by atoms with van der Waals surface area (Å²) in [4.78, 5) is 2.42. The lowest BCUT2D eigenvalue weighted by molar-refractivity contribution is 0.323. The molecule has 0 saturated carbocycles. The summed E-state index contributed by atoms with van der Waals surface area (Å²) in [5.41, 5.74) is 8.95. The summed E-state index contributed by atoms with van der Waals surface area (Å²) in [6.45, 7) is 2.80. The van der Waals surface area contributed by atoms with E-state index in [9.17, 15) is 0 Å². The Bertz CT molecular complexity index is 632. The number of rotatable bonds is 4. The van der Waals surface area contributed by atoms with Crippen molar-refractivity contribution in [3.05, 3.63) is 64.1 Å². The highest BCUT2D eigenvalue weighted by atomic mass is 79.9. The van der Waals surface area contributed by atoms with Crippen LogP contribution in [0.4, 0.5) is 0 Å². The first-order valence-corrected chi connectivity index (χ1v) is 8.32. The molecule has 3 rings (SSSR count). The van der Waals surface area contributed by atoms with Crippen molar-refractivity contribution in [3.8, 4) is 5.75 Å². The lowest BCUT2D eigenvalue weighted by Crippen LogP contribution is -2.29. The third-order valence-electron chi connectivity index (χ3n) is 4.29. The molecule has 3 nitrogen and oxygen atoms in total. The molecule has 116 valence electrons. The molecule has 0 bridgehead atoms. The van der Waals surface area contributed by atoms with Gasteiger partial charge in [-0.1, -0.05) is 52.3 Å². The van der Waals surface area contributed by atoms with E-state index in [4.69, 9.17) is 10.5 Å². The van der Waals surface area contributed by atoms with Gasteiger partial charge in [0.2, 0.25) is 0 Å². The van der Waals surface area contributed by atoms with Gasteiger partial charge in [-0.3, -0.25) is 4.90 Å². The predicted molar refractivity (Wildman–Crippen MR) is 93.1 cm³/mol. The van der Waals surface area contributed by atoms with E-state index in [1.165, 1.54) is 11.1 Å². The van der Waals surface area contributed by atoms with Crippen LogP contribution in [0.3, 0.4) is 0 Å². The zero-order valence-electron chi connectivity index (χ0n) is 12.7. The fourth-order valence-corrected chi connectivity index (χ4v) is 3.89. The van der Waals surface area contributed by atoms with Gasteiger partial charge in [0.05, 0.1) is 7.11 Å². The number of hydrogen-bond acceptors (Lipinski definition) is 3. The number of nitrogens with two attached hydrogens (primary N) is 1. The van der Waals surface area contributed by atoms with E-state index in [0.717, 1.165) is 29.9 Å². The molecule has 2 unspecified atom stereocenters. The summed E-state index contributed by atoms with van der Waals surface area (Å²) in [5, 5.41) is 0. The average Bonchev–Trinajstić information content (AvgIpc) is 2.88. The SMILES string of the molecule is COc1cccc(Br)c1C1CN(Cc2ccccc2)CC1N. The lowest BCUT2D eigenvalue weighted by Gasteiger charge is -2.20. The molecule has 0 aliphatic carbocycles. The second kappa shape index (κ2) is 6.82. The van der Waals surface area contributed by atoms with E-state index < -0.39 is 0 Å². The van der Waals surface area contributed by atoms with E-state index in [1.807, 2.05) is 18.2 Å². The number of nitrogens with zero attached hydrogens (tertiary/aromatic N) is 1. The number of ether oxygens (including phenoxy) is 1. The average molecular weight is 361 g/mol. The van der Waals surface area contributed by atoms with Gasteiger partial charge >= 0.3 is 0 Å². The van der Waals surface area contributed by atoms with Crippen LogP contribution in [0.1, 0.15) is 17.0 Å². The monoisotopic (exact) mass is 360 g/mol. The van der Waals surface area contributed by atoms with Crippen LogP contribution in [0.5, 0.6) is 5.75 Å². The molecular weight excluding hydrogens is 340 g/mol. The highest BCUT2D eigenvalue weighted by molar-refractivity contribution is 9.10. The summed E-state index contributed by atoms with van der Waals surface area (Å²) in [7, 11) is 1.72. The van der Waals surface area contributed by atoms with E-state index in [2.05, 4.69) is 51.2 Å². The quantitative estimate of drug-likeness (QED) is 0.907. The lowest BCUT2D eigenvalue weighted by atomic mass is 9.94. The Hall–Kier alpha value is -1.36. The van der Waals surface area contributed by atoms with Crippen LogP contribution in [-0.4, -0.2) is 31.1 Å². The maximum Gasteiger partial charge on any atom is 0.123 e. The highest BCUT2D eigenvalue weighted by Crippen LogP contribution is 2.38. The number of likely N-dealkylation sites (tertiary alicyclic amines) is 1. The standard InChI is InChI=1S/C18H21BrN2O/c1-22-17-9-5-8-15(19)18(17)14-11-21(12-16(14)20)10-13-6-3-2-4-7-13/h2-9,14,16H,10-12,20H2,1H3. The minimum absolute atomic E-state index is 0.122. The zero-order chi connectivity index (χ0) is 15.5. The normalized spacial score (nSPS) is 22.0. The Morgan fingerprint density at radius 3 is 2.64 bits per heavy atom. The highest BCUT2D eigenvalue weighted by Gasteiger charge is 2.34. The van der Waals surface area contributed by atoms with Crippen LogP contribution in [0.15, 0.2) is 53.0 Å². The Labute approximate surface area is 140 Å². The van der Waals surface area contributed by atoms with E-state index in [-0.39, 0.29) is 12.0 Å². The van der Waals surface area contributed by atoms with Gasteiger partial charge in [-0.05, 0) is 17.7 Å². The van der Waals surface area contributed by atoms with Crippen molar-refractivity contribution in [3.63, 3.8) is 0 Å². The topological polar surface area (TPSA) is 38.5 Å². The van der Waals surface area contributed by atoms with Crippen LogP contribution in [0, 0.1) is 0 Å². The van der Waals surface area contributed by atoms with Crippen molar-refractivity contribution in [1.29, 1.82) is 0 Å². The van der Waals surface area contributed by atoms with Crippen LogP contribution in [0.2, 0.25) is 0 Å². The molecule has 2 aromatic carbocycles. The zero-order valence-corrected chi connectivity index (χ0v) is 14.3. The second-order valence-corrected chi connectivity index (χ2v) is 6.66. The largest absolute Gasteiger partial charge is 0.496 e. The first kappa shape index (κ1) is 15.5. The van der Waals surface area contributed by atoms with E-state index in [1.54, 1.807) is 7.11 Å². The molecular formula is C18H21BrN2O. The van der Waals surface area contributed by atoms with Gasteiger partial charge in [-0.15, -0.1) is 0 Å². The van der Waals surface area contributed by atoms with Gasteiger partial charge < -0.3 is 10.5 Å². The predicted octanol–water partition coefficient (Wildman–Crippen LogP) is 3.38. The Balaban J connectivity index is 1.79. The molecule has 1 heterocycles. The van der Waals surface area contributed by atoms with Crippen molar-refractivity contribution >= 4 is 15.9 Å². The van der Waals surface area contributed by atoms with Crippen LogP contribution in [0.25, 0.3) is 0 Å². The van der Waals surface area contributed by atoms with Crippen LogP contribution in [-0.2, 0) is 6.54 Å². The fourth-order valence-electron chi connectivity index (χ4n) is 3.24. The van der Waals surface area contributed by atoms with Gasteiger partial charge in [-0.2, -0.15) is 0 Å². The molecule has 4 heteroatoms. The van der Waals surface area contributed by atoms with Gasteiger partial charge in [0.25, 0.3) is 0 Å². The summed E-state index contributed by atoms with van der Waals surface area (Å²) in [5.74, 6) is 1.20. The van der Waals surface area contributed by atoms with Crippen LogP contribution >= 0.6 is 15.9 Å². The molecule has 2 aromatic rings. The number of halogens is 1. The van der Waals surface area contributed by atoms with Gasteiger partial charge in [0.1, 0.15) is 5.75 Å². The van der Waals surface area contributed by atoms with Gasteiger partial charge in [0.15, 0.2) is 0 Å². The molecule has 2 N–H and O–H groups in total. The summed E-state index contributed by atoms with van der Waals surface area (Å²) < 4.78 is 6.61. The van der Waals surface area contributed by atoms with Gasteiger partial charge in [-0.25, -0.2) is 0 Å². The molecule has 1 aliphatic rings. The van der Waals surface area contributed by atoms with Crippen LogP contribution < -0.4 is 10.5 Å². The van der Waals surface area contributed by atoms with Crippen molar-refractivity contribution < 1.29 is 4.74 Å². The third-order valence-corrected chi connectivity index (χ3v) is 4.98. The summed E-state index contributed by atoms with van der Waals surface area (Å²) >= 11 is 3.66. The molecule has 22 heavy (non-hydrogen) atoms. The van der Waals surface area contributed by atoms with Gasteiger partial charge in [0, 0.05) is 41.6 Å². The molecule has 0 amide bonds. The molecule has 0 spiro atoms. The minimum Gasteiger partial charge on any atom is -0.496 e. The van der Waals surface area contributed by atoms with Crippen molar-refractivity contribution in [1.82, 2.24) is 4.90 Å². The maximum absolute atomic E-state index is 6.43. The Kier molecular flexibility index (Phi) is 4.81. The first-order valence-electron chi connectivity index (χ1n) is 7.53. The van der Waals surface area contributed by atoms with E-state index in [0.29, 0.717) is 0 Å². The molecule has 1 saturated heterocycles. The molecule has 2 atom stereocenters. The molecule has 1 aliphatic heterocycles. The maximum atomic E-state index is 6.43. The number of hydrogen-bond donors (Lipinski definition) is 1. The minimum atomic E-state index is 0.122. The smallest absolute Gasteiger partial charge is 0.123 e. The van der Waals surface area contributed by atoms with Crippen molar-refractivity contribution in [2.75, 3.05) is 20.2 Å². The summed E-state index contributed by atoms with van der Waals surface area (Å²) in [6, 6.07) is 16.7. The van der Waals surface area contributed by atoms with Crippen molar-refractivity contribution in [2.24, 2.45) is 5.73 Å². The van der Waals surface area contributed by atoms with E-state index >= 15 is 0 Å². The number of benzene rings is 2. The van der Waals surface area contributed by atoms with Crippen molar-refractivity contribution in [2.45, 2.75) is 18.5 Å². The Morgan fingerprint density at radius 2 is 1.91 bits per heavy atom. The third kappa shape index (κ3) is 3.19. The molecule has 0 aromatic heterocycles. The molecule has 1 fully saturated rings.